The lowest BCUT2D eigenvalue weighted by Crippen LogP contribution is -2.18. The van der Waals surface area contributed by atoms with Crippen LogP contribution in [0.4, 0.5) is 5.82 Å². The minimum Gasteiger partial charge on any atom is -0.282 e. The van der Waals surface area contributed by atoms with E-state index >= 15 is 0 Å². The average molecular weight is 202 g/mol. The molecular formula is C8H14N2O2S. The lowest BCUT2D eigenvalue weighted by molar-refractivity contribution is 0.483. The van der Waals surface area contributed by atoms with Crippen molar-refractivity contribution < 1.29 is 9.11 Å². The van der Waals surface area contributed by atoms with Crippen molar-refractivity contribution in [2.45, 2.75) is 19.1 Å². The molecule has 5 heteroatoms. The largest absolute Gasteiger partial charge is 0.282 e. The zero-order chi connectivity index (χ0) is 9.90. The summed E-state index contributed by atoms with van der Waals surface area (Å²) in [5.41, 5.74) is 0. The van der Waals surface area contributed by atoms with Crippen LogP contribution >= 0.6 is 10.8 Å². The number of rotatable bonds is 3. The Kier molecular flexibility index (Phi) is 3.13. The number of pyridine rings is 1. The van der Waals surface area contributed by atoms with Gasteiger partial charge in [0, 0.05) is 6.20 Å². The second kappa shape index (κ2) is 3.95. The van der Waals surface area contributed by atoms with E-state index in [9.17, 15) is 9.11 Å². The van der Waals surface area contributed by atoms with Crippen molar-refractivity contribution in [3.8, 4) is 0 Å². The van der Waals surface area contributed by atoms with E-state index in [1.54, 1.807) is 38.2 Å². The van der Waals surface area contributed by atoms with Crippen LogP contribution in [0, 0.1) is 0 Å². The quantitative estimate of drug-likeness (QED) is 0.704. The number of aromatic nitrogens is 1. The maximum absolute atomic E-state index is 9.53. The Morgan fingerprint density at radius 3 is 2.54 bits per heavy atom. The van der Waals surface area contributed by atoms with Gasteiger partial charge in [0.25, 0.3) is 0 Å². The highest BCUT2D eigenvalue weighted by atomic mass is 32.3. The molecule has 74 valence electrons. The molecule has 0 fully saturated rings. The van der Waals surface area contributed by atoms with Crippen molar-refractivity contribution in [3.63, 3.8) is 0 Å². The predicted octanol–water partition coefficient (Wildman–Crippen LogP) is 2.57. The van der Waals surface area contributed by atoms with E-state index in [0.717, 1.165) is 0 Å². The molecule has 0 bridgehead atoms. The molecule has 0 spiro atoms. The standard InChI is InChI=1S/C8H14N2O2S/c1-7(2)13(11,12)10-8-5-3-4-6-9-8/h3-7,11-12H,1-2H3,(H,9,10). The maximum Gasteiger partial charge on any atom is 0.143 e. The second-order valence-electron chi connectivity index (χ2n) is 2.96. The number of hydrogen-bond donors (Lipinski definition) is 3. The van der Waals surface area contributed by atoms with E-state index in [2.05, 4.69) is 9.71 Å². The number of anilines is 1. The van der Waals surface area contributed by atoms with Crippen LogP contribution in [-0.4, -0.2) is 19.3 Å². The maximum atomic E-state index is 9.53. The first-order valence-electron chi connectivity index (χ1n) is 3.98. The molecule has 13 heavy (non-hydrogen) atoms. The van der Waals surface area contributed by atoms with Crippen molar-refractivity contribution in [2.24, 2.45) is 0 Å². The minimum absolute atomic E-state index is 0.227. The minimum atomic E-state index is -2.76. The van der Waals surface area contributed by atoms with Gasteiger partial charge < -0.3 is 0 Å². The van der Waals surface area contributed by atoms with Crippen LogP contribution in [0.3, 0.4) is 0 Å². The zero-order valence-electron chi connectivity index (χ0n) is 7.64. The van der Waals surface area contributed by atoms with E-state index in [-0.39, 0.29) is 5.25 Å². The Balaban J connectivity index is 2.69. The van der Waals surface area contributed by atoms with Gasteiger partial charge in [0.05, 0.1) is 5.25 Å². The summed E-state index contributed by atoms with van der Waals surface area (Å²) in [5, 5.41) is -0.227. The van der Waals surface area contributed by atoms with E-state index in [1.807, 2.05) is 0 Å². The van der Waals surface area contributed by atoms with E-state index in [0.29, 0.717) is 5.82 Å². The molecule has 0 aromatic carbocycles. The van der Waals surface area contributed by atoms with E-state index < -0.39 is 10.8 Å². The van der Waals surface area contributed by atoms with Gasteiger partial charge in [-0.05, 0) is 26.0 Å². The SMILES string of the molecule is CC(C)S(O)(O)Nc1ccccn1. The Morgan fingerprint density at radius 1 is 1.38 bits per heavy atom. The topological polar surface area (TPSA) is 65.4 Å². The van der Waals surface area contributed by atoms with Crippen molar-refractivity contribution in [2.75, 3.05) is 4.72 Å². The molecule has 1 rings (SSSR count). The highest BCUT2D eigenvalue weighted by molar-refractivity contribution is 8.25. The Bertz CT molecular complexity index is 264. The van der Waals surface area contributed by atoms with Crippen LogP contribution < -0.4 is 4.72 Å². The molecule has 0 atom stereocenters. The summed E-state index contributed by atoms with van der Waals surface area (Å²) in [6, 6.07) is 5.24. The van der Waals surface area contributed by atoms with Gasteiger partial charge in [0.15, 0.2) is 0 Å². The summed E-state index contributed by atoms with van der Waals surface area (Å²) in [6.45, 7) is 3.48. The number of nitrogens with one attached hydrogen (secondary N) is 1. The molecular weight excluding hydrogens is 188 g/mol. The van der Waals surface area contributed by atoms with Crippen LogP contribution in [0.15, 0.2) is 24.4 Å². The van der Waals surface area contributed by atoms with Crippen LogP contribution in [0.1, 0.15) is 13.8 Å². The molecule has 0 amide bonds. The fourth-order valence-electron chi connectivity index (χ4n) is 0.695. The van der Waals surface area contributed by atoms with Crippen molar-refractivity contribution >= 4 is 16.6 Å². The van der Waals surface area contributed by atoms with Gasteiger partial charge >= 0.3 is 0 Å². The molecule has 4 nitrogen and oxygen atoms in total. The third-order valence-electron chi connectivity index (χ3n) is 1.58. The van der Waals surface area contributed by atoms with Gasteiger partial charge in [-0.3, -0.25) is 13.8 Å². The van der Waals surface area contributed by atoms with Gasteiger partial charge in [-0.15, -0.1) is 10.8 Å². The molecule has 1 heterocycles. The molecule has 1 aromatic rings. The molecule has 0 unspecified atom stereocenters. The molecule has 0 saturated heterocycles. The highest BCUT2D eigenvalue weighted by Crippen LogP contribution is 2.42. The Labute approximate surface area is 79.5 Å². The molecule has 0 aliphatic carbocycles. The zero-order valence-corrected chi connectivity index (χ0v) is 8.45. The monoisotopic (exact) mass is 202 g/mol. The summed E-state index contributed by atoms with van der Waals surface area (Å²) >= 11 is 0. The predicted molar refractivity (Wildman–Crippen MR) is 55.8 cm³/mol. The number of hydrogen-bond acceptors (Lipinski definition) is 4. The molecule has 0 aliphatic heterocycles. The van der Waals surface area contributed by atoms with Gasteiger partial charge in [-0.1, -0.05) is 6.07 Å². The molecule has 1 aromatic heterocycles. The first kappa shape index (κ1) is 10.3. The van der Waals surface area contributed by atoms with Crippen molar-refractivity contribution in [1.82, 2.24) is 4.98 Å². The fraction of sp³-hybridized carbons (Fsp3) is 0.375. The van der Waals surface area contributed by atoms with Crippen LogP contribution in [0.2, 0.25) is 0 Å². The van der Waals surface area contributed by atoms with Crippen molar-refractivity contribution in [1.29, 1.82) is 0 Å². The normalized spacial score (nSPS) is 13.0. The molecule has 3 N–H and O–H groups in total. The van der Waals surface area contributed by atoms with Gasteiger partial charge in [0.2, 0.25) is 0 Å². The third-order valence-corrected chi connectivity index (χ3v) is 3.40. The van der Waals surface area contributed by atoms with Gasteiger partial charge in [0.1, 0.15) is 5.82 Å². The van der Waals surface area contributed by atoms with Crippen LogP contribution in [-0.2, 0) is 0 Å². The van der Waals surface area contributed by atoms with Crippen LogP contribution in [0.5, 0.6) is 0 Å². The number of nitrogens with zero attached hydrogens (tertiary/aromatic N) is 1. The van der Waals surface area contributed by atoms with Crippen LogP contribution in [0.25, 0.3) is 0 Å². The lowest BCUT2D eigenvalue weighted by Gasteiger charge is -2.36. The second-order valence-corrected chi connectivity index (χ2v) is 5.29. The average Bonchev–Trinajstić information content (AvgIpc) is 2.05. The highest BCUT2D eigenvalue weighted by Gasteiger charge is 2.16. The summed E-state index contributed by atoms with van der Waals surface area (Å²) < 4.78 is 21.7. The smallest absolute Gasteiger partial charge is 0.143 e. The third kappa shape index (κ3) is 2.87. The van der Waals surface area contributed by atoms with Gasteiger partial charge in [-0.25, -0.2) is 4.98 Å². The summed E-state index contributed by atoms with van der Waals surface area (Å²) in [4.78, 5) is 3.94. The van der Waals surface area contributed by atoms with Crippen molar-refractivity contribution in [3.05, 3.63) is 24.4 Å². The van der Waals surface area contributed by atoms with Gasteiger partial charge in [-0.2, -0.15) is 0 Å². The summed E-state index contributed by atoms with van der Waals surface area (Å²) in [7, 11) is -2.76. The lowest BCUT2D eigenvalue weighted by atomic mass is 10.5. The Morgan fingerprint density at radius 2 is 2.08 bits per heavy atom. The molecule has 0 saturated carbocycles. The first-order chi connectivity index (χ1) is 6.02. The summed E-state index contributed by atoms with van der Waals surface area (Å²) in [5.74, 6) is 0.483. The van der Waals surface area contributed by atoms with E-state index in [4.69, 9.17) is 0 Å². The molecule has 0 radical (unpaired) electrons. The first-order valence-corrected chi connectivity index (χ1v) is 5.59. The van der Waals surface area contributed by atoms with E-state index in [1.165, 1.54) is 0 Å². The molecule has 0 aliphatic rings. The fourth-order valence-corrected chi connectivity index (χ4v) is 1.36. The Hall–Kier alpha value is -0.780. The summed E-state index contributed by atoms with van der Waals surface area (Å²) in [6.07, 6.45) is 1.60.